The van der Waals surface area contributed by atoms with Crippen LogP contribution in [-0.2, 0) is 19.4 Å². The Morgan fingerprint density at radius 3 is 2.79 bits per heavy atom. The van der Waals surface area contributed by atoms with E-state index in [1.807, 2.05) is 22.4 Å². The second-order valence-corrected chi connectivity index (χ2v) is 9.41. The summed E-state index contributed by atoms with van der Waals surface area (Å²) in [6.45, 7) is 3.11. The van der Waals surface area contributed by atoms with Gasteiger partial charge >= 0.3 is 0 Å². The van der Waals surface area contributed by atoms with Crippen molar-refractivity contribution in [1.29, 1.82) is 0 Å². The van der Waals surface area contributed by atoms with Crippen molar-refractivity contribution < 1.29 is 18.0 Å². The molecule has 9 heteroatoms. The molecule has 2 amide bonds. The number of nitrogens with zero attached hydrogens (tertiary/aromatic N) is 2. The minimum absolute atomic E-state index is 0.0105. The number of anilines is 1. The zero-order valence-electron chi connectivity index (χ0n) is 13.5. The summed E-state index contributed by atoms with van der Waals surface area (Å²) in [4.78, 5) is 28.3. The van der Waals surface area contributed by atoms with E-state index in [2.05, 4.69) is 5.32 Å². The van der Waals surface area contributed by atoms with Crippen LogP contribution >= 0.6 is 11.3 Å². The van der Waals surface area contributed by atoms with Crippen LogP contribution in [0.3, 0.4) is 0 Å². The van der Waals surface area contributed by atoms with Crippen molar-refractivity contribution in [3.63, 3.8) is 0 Å². The summed E-state index contributed by atoms with van der Waals surface area (Å²) >= 11 is 1.52. The first-order valence-corrected chi connectivity index (χ1v) is 10.6. The zero-order chi connectivity index (χ0) is 17.3. The van der Waals surface area contributed by atoms with Gasteiger partial charge in [-0.15, -0.1) is 11.3 Å². The molecule has 3 heterocycles. The van der Waals surface area contributed by atoms with Crippen LogP contribution in [0, 0.1) is 0 Å². The van der Waals surface area contributed by atoms with Crippen LogP contribution in [0.25, 0.3) is 0 Å². The molecule has 2 fully saturated rings. The maximum atomic E-state index is 12.4. The quantitative estimate of drug-likeness (QED) is 0.811. The van der Waals surface area contributed by atoms with E-state index in [1.54, 1.807) is 11.8 Å². The minimum Gasteiger partial charge on any atom is -0.351 e. The lowest BCUT2D eigenvalue weighted by molar-refractivity contribution is -0.129. The Balaban J connectivity index is 1.55. The third kappa shape index (κ3) is 3.79. The number of piperazine rings is 1. The van der Waals surface area contributed by atoms with E-state index in [4.69, 9.17) is 0 Å². The molecule has 0 saturated carbocycles. The fraction of sp³-hybridized carbons (Fsp3) is 0.600. The number of rotatable bonds is 4. The first-order chi connectivity index (χ1) is 11.4. The van der Waals surface area contributed by atoms with Gasteiger partial charge in [0.1, 0.15) is 0 Å². The van der Waals surface area contributed by atoms with E-state index in [-0.39, 0.29) is 35.9 Å². The third-order valence-electron chi connectivity index (χ3n) is 4.53. The summed E-state index contributed by atoms with van der Waals surface area (Å²) in [5.74, 6) is -0.0952. The normalized spacial score (nSPS) is 25.6. The number of hydrogen-bond donors (Lipinski definition) is 1. The van der Waals surface area contributed by atoms with E-state index < -0.39 is 15.9 Å². The molecule has 0 aliphatic carbocycles. The van der Waals surface area contributed by atoms with Gasteiger partial charge < -0.3 is 10.2 Å². The van der Waals surface area contributed by atoms with E-state index >= 15 is 0 Å². The van der Waals surface area contributed by atoms with Crippen molar-refractivity contribution in [2.75, 3.05) is 36.0 Å². The number of carbonyl (C=O) groups is 2. The molecular weight excluding hydrogens is 350 g/mol. The molecule has 3 rings (SSSR count). The van der Waals surface area contributed by atoms with Crippen molar-refractivity contribution in [2.24, 2.45) is 0 Å². The number of carbonyl (C=O) groups excluding carboxylic acids is 2. The smallest absolute Gasteiger partial charge is 0.241 e. The van der Waals surface area contributed by atoms with Gasteiger partial charge in [0.15, 0.2) is 9.84 Å². The molecular formula is C15H21N3O4S2. The van der Waals surface area contributed by atoms with Gasteiger partial charge in [-0.2, -0.15) is 0 Å². The summed E-state index contributed by atoms with van der Waals surface area (Å²) in [6, 6.07) is 3.05. The Hall–Kier alpha value is -1.45. The highest BCUT2D eigenvalue weighted by atomic mass is 32.2. The van der Waals surface area contributed by atoms with E-state index in [0.717, 1.165) is 5.00 Å². The van der Waals surface area contributed by atoms with Gasteiger partial charge in [-0.05, 0) is 30.9 Å². The molecule has 1 aromatic heterocycles. The summed E-state index contributed by atoms with van der Waals surface area (Å²) in [5, 5.41) is 5.66. The summed E-state index contributed by atoms with van der Waals surface area (Å²) in [5.41, 5.74) is 0. The van der Waals surface area contributed by atoms with Crippen LogP contribution in [0.4, 0.5) is 5.00 Å². The number of nitrogens with one attached hydrogen (secondary N) is 1. The van der Waals surface area contributed by atoms with Crippen molar-refractivity contribution in [1.82, 2.24) is 10.2 Å². The van der Waals surface area contributed by atoms with Crippen LogP contribution < -0.4 is 10.2 Å². The van der Waals surface area contributed by atoms with Crippen molar-refractivity contribution in [3.8, 4) is 0 Å². The molecule has 1 aromatic rings. The van der Waals surface area contributed by atoms with Gasteiger partial charge in [0.05, 0.1) is 29.1 Å². The lowest BCUT2D eigenvalue weighted by Gasteiger charge is -2.36. The molecule has 2 atom stereocenters. The largest absolute Gasteiger partial charge is 0.351 e. The van der Waals surface area contributed by atoms with Gasteiger partial charge in [-0.25, -0.2) is 8.42 Å². The van der Waals surface area contributed by atoms with Gasteiger partial charge in [0, 0.05) is 19.1 Å². The van der Waals surface area contributed by atoms with Crippen molar-refractivity contribution in [2.45, 2.75) is 25.4 Å². The number of hydrogen-bond acceptors (Lipinski definition) is 6. The van der Waals surface area contributed by atoms with Gasteiger partial charge in [0.25, 0.3) is 0 Å². The van der Waals surface area contributed by atoms with E-state index in [9.17, 15) is 18.0 Å². The second-order valence-electron chi connectivity index (χ2n) is 6.25. The van der Waals surface area contributed by atoms with Crippen LogP contribution in [0.5, 0.6) is 0 Å². The topological polar surface area (TPSA) is 86.8 Å². The average Bonchev–Trinajstić information content (AvgIpc) is 3.16. The van der Waals surface area contributed by atoms with Crippen LogP contribution in [0.1, 0.15) is 13.3 Å². The molecule has 2 aliphatic heterocycles. The minimum atomic E-state index is -3.02. The number of thiophene rings is 1. The zero-order valence-corrected chi connectivity index (χ0v) is 15.1. The lowest BCUT2D eigenvalue weighted by atomic mass is 10.2. The highest BCUT2D eigenvalue weighted by Crippen LogP contribution is 2.23. The molecule has 2 aliphatic rings. The molecule has 0 aromatic carbocycles. The number of amides is 2. The molecule has 24 heavy (non-hydrogen) atoms. The first kappa shape index (κ1) is 17.4. The van der Waals surface area contributed by atoms with Gasteiger partial charge in [0.2, 0.25) is 11.8 Å². The Labute approximate surface area is 145 Å². The molecule has 1 N–H and O–H groups in total. The standard InChI is InChI=1S/C15H21N3O4S2/c1-11(15(20)16-12-4-8-24(21,22)10-12)17-5-6-18(13(19)9-17)14-3-2-7-23-14/h2-3,7,11-12H,4-6,8-10H2,1H3,(H,16,20). The maximum absolute atomic E-state index is 12.4. The molecule has 132 valence electrons. The monoisotopic (exact) mass is 371 g/mol. The fourth-order valence-corrected chi connectivity index (χ4v) is 5.52. The Morgan fingerprint density at radius 1 is 1.42 bits per heavy atom. The Kier molecular flexibility index (Phi) is 4.93. The molecule has 0 spiro atoms. The van der Waals surface area contributed by atoms with Crippen molar-refractivity contribution >= 4 is 38.0 Å². The summed E-state index contributed by atoms with van der Waals surface area (Å²) in [7, 11) is -3.02. The highest BCUT2D eigenvalue weighted by Gasteiger charge is 2.34. The van der Waals surface area contributed by atoms with Crippen LogP contribution in [0.2, 0.25) is 0 Å². The van der Waals surface area contributed by atoms with Gasteiger partial charge in [-0.1, -0.05) is 0 Å². The Bertz CT molecular complexity index is 717. The highest BCUT2D eigenvalue weighted by molar-refractivity contribution is 7.91. The van der Waals surface area contributed by atoms with E-state index in [0.29, 0.717) is 19.5 Å². The SMILES string of the molecule is CC(C(=O)NC1CCS(=O)(=O)C1)N1CCN(c2cccs2)C(=O)C1. The summed E-state index contributed by atoms with van der Waals surface area (Å²) < 4.78 is 22.9. The predicted molar refractivity (Wildman–Crippen MR) is 92.9 cm³/mol. The van der Waals surface area contributed by atoms with Crippen LogP contribution in [-0.4, -0.2) is 68.4 Å². The summed E-state index contributed by atoms with van der Waals surface area (Å²) in [6.07, 6.45) is 0.464. The predicted octanol–water partition coefficient (Wildman–Crippen LogP) is 0.0885. The maximum Gasteiger partial charge on any atom is 0.241 e. The number of sulfone groups is 1. The average molecular weight is 371 g/mol. The molecule has 0 radical (unpaired) electrons. The van der Waals surface area contributed by atoms with Gasteiger partial charge in [-0.3, -0.25) is 14.5 Å². The molecule has 2 unspecified atom stereocenters. The van der Waals surface area contributed by atoms with Crippen LogP contribution in [0.15, 0.2) is 17.5 Å². The molecule has 7 nitrogen and oxygen atoms in total. The Morgan fingerprint density at radius 2 is 2.21 bits per heavy atom. The first-order valence-electron chi connectivity index (χ1n) is 7.94. The van der Waals surface area contributed by atoms with Crippen molar-refractivity contribution in [3.05, 3.63) is 17.5 Å². The molecule has 2 saturated heterocycles. The second kappa shape index (κ2) is 6.81. The molecule has 0 bridgehead atoms. The lowest BCUT2D eigenvalue weighted by Crippen LogP contribution is -2.57. The van der Waals surface area contributed by atoms with E-state index in [1.165, 1.54) is 11.3 Å². The third-order valence-corrected chi connectivity index (χ3v) is 7.19. The fourth-order valence-electron chi connectivity index (χ4n) is 3.07.